The van der Waals surface area contributed by atoms with Gasteiger partial charge in [-0.2, -0.15) is 0 Å². The fraction of sp³-hybridized carbons (Fsp3) is 1.00. The van der Waals surface area contributed by atoms with Crippen molar-refractivity contribution in [1.82, 2.24) is 10.6 Å². The van der Waals surface area contributed by atoms with Crippen molar-refractivity contribution in [2.45, 2.75) is 18.4 Å². The van der Waals surface area contributed by atoms with Crippen LogP contribution in [0, 0.1) is 0 Å². The predicted molar refractivity (Wildman–Crippen MR) is 35.6 cm³/mol. The van der Waals surface area contributed by atoms with Gasteiger partial charge in [-0.1, -0.05) is 0 Å². The zero-order valence-electron chi connectivity index (χ0n) is 6.29. The average Bonchev–Trinajstić information content (AvgIpc) is 2.05. The van der Waals surface area contributed by atoms with Gasteiger partial charge in [0.25, 0.3) is 12.9 Å². The van der Waals surface area contributed by atoms with E-state index in [1.165, 1.54) is 0 Å². The highest BCUT2D eigenvalue weighted by Crippen LogP contribution is 2.24. The Kier molecular flexibility index (Phi) is 2.89. The van der Waals surface area contributed by atoms with Crippen molar-refractivity contribution in [2.75, 3.05) is 19.6 Å². The number of hydrogen-bond acceptors (Lipinski definition) is 2. The number of hydrogen-bond donors (Lipinski definition) is 2. The number of piperazine rings is 1. The van der Waals surface area contributed by atoms with Crippen molar-refractivity contribution in [3.63, 3.8) is 0 Å². The van der Waals surface area contributed by atoms with Gasteiger partial charge in [0.05, 0.1) is 0 Å². The Balaban J connectivity index is 2.70. The van der Waals surface area contributed by atoms with Crippen molar-refractivity contribution in [3.8, 4) is 0 Å². The van der Waals surface area contributed by atoms with Gasteiger partial charge in [-0.3, -0.25) is 5.32 Å². The minimum atomic E-state index is -3.05. The molecule has 12 heavy (non-hydrogen) atoms. The monoisotopic (exact) mass is 186 g/mol. The van der Waals surface area contributed by atoms with Crippen LogP contribution in [0.25, 0.3) is 0 Å². The van der Waals surface area contributed by atoms with E-state index < -0.39 is 18.4 Å². The van der Waals surface area contributed by atoms with Crippen LogP contribution in [0.4, 0.5) is 17.6 Å². The van der Waals surface area contributed by atoms with E-state index in [4.69, 9.17) is 0 Å². The molecule has 1 aliphatic heterocycles. The van der Waals surface area contributed by atoms with Gasteiger partial charge in [0.2, 0.25) is 0 Å². The molecule has 0 unspecified atom stereocenters. The molecule has 0 radical (unpaired) electrons. The highest BCUT2D eigenvalue weighted by atomic mass is 19.3. The Morgan fingerprint density at radius 2 is 1.58 bits per heavy atom. The lowest BCUT2D eigenvalue weighted by molar-refractivity contribution is -0.0750. The van der Waals surface area contributed by atoms with E-state index in [-0.39, 0.29) is 13.1 Å². The van der Waals surface area contributed by atoms with E-state index in [0.717, 1.165) is 0 Å². The third kappa shape index (κ3) is 1.54. The maximum absolute atomic E-state index is 12.2. The maximum atomic E-state index is 12.2. The standard InChI is InChI=1S/C6H10F4N2/c7-4(8)6(5(9)10)3-11-1-2-12-6/h4-5,11-12H,1-3H2. The smallest absolute Gasteiger partial charge is 0.263 e. The van der Waals surface area contributed by atoms with Gasteiger partial charge >= 0.3 is 0 Å². The lowest BCUT2D eigenvalue weighted by Gasteiger charge is -2.36. The Morgan fingerprint density at radius 1 is 1.00 bits per heavy atom. The minimum absolute atomic E-state index is 0.147. The van der Waals surface area contributed by atoms with Crippen LogP contribution in [-0.4, -0.2) is 38.0 Å². The van der Waals surface area contributed by atoms with Gasteiger partial charge in [-0.15, -0.1) is 0 Å². The molecule has 1 heterocycles. The number of halogens is 4. The molecule has 6 heteroatoms. The van der Waals surface area contributed by atoms with Crippen LogP contribution < -0.4 is 10.6 Å². The van der Waals surface area contributed by atoms with Crippen LogP contribution >= 0.6 is 0 Å². The molecule has 2 nitrogen and oxygen atoms in total. The normalized spacial score (nSPS) is 23.5. The van der Waals surface area contributed by atoms with Crippen LogP contribution in [0.1, 0.15) is 0 Å². The first-order chi connectivity index (χ1) is 5.59. The second-order valence-electron chi connectivity index (χ2n) is 2.75. The molecular formula is C6H10F4N2. The SMILES string of the molecule is FC(F)C1(C(F)F)CNCCN1. The largest absolute Gasteiger partial charge is 0.313 e. The highest BCUT2D eigenvalue weighted by Gasteiger charge is 2.49. The molecule has 0 amide bonds. The van der Waals surface area contributed by atoms with E-state index in [9.17, 15) is 17.6 Å². The number of alkyl halides is 4. The Labute approximate surface area is 67.3 Å². The summed E-state index contributed by atoms with van der Waals surface area (Å²) in [6, 6.07) is 0. The second kappa shape index (κ2) is 3.57. The third-order valence-electron chi connectivity index (χ3n) is 1.95. The number of rotatable bonds is 2. The molecular weight excluding hydrogens is 176 g/mol. The van der Waals surface area contributed by atoms with E-state index in [1.54, 1.807) is 0 Å². The molecule has 0 bridgehead atoms. The molecule has 0 aromatic heterocycles. The van der Waals surface area contributed by atoms with Gasteiger partial charge in [-0.25, -0.2) is 17.6 Å². The van der Waals surface area contributed by atoms with Crippen molar-refractivity contribution in [3.05, 3.63) is 0 Å². The first-order valence-corrected chi connectivity index (χ1v) is 3.61. The summed E-state index contributed by atoms with van der Waals surface area (Å²) < 4.78 is 49.0. The van der Waals surface area contributed by atoms with Gasteiger partial charge < -0.3 is 5.32 Å². The zero-order valence-corrected chi connectivity index (χ0v) is 6.29. The van der Waals surface area contributed by atoms with E-state index in [0.29, 0.717) is 6.54 Å². The fourth-order valence-electron chi connectivity index (χ4n) is 1.15. The van der Waals surface area contributed by atoms with Gasteiger partial charge in [-0.05, 0) is 0 Å². The van der Waals surface area contributed by atoms with Crippen LogP contribution in [0.3, 0.4) is 0 Å². The summed E-state index contributed by atoms with van der Waals surface area (Å²) in [6.07, 6.45) is -6.10. The van der Waals surface area contributed by atoms with Crippen LogP contribution in [0.5, 0.6) is 0 Å². The molecule has 1 aliphatic rings. The quantitative estimate of drug-likeness (QED) is 0.612. The highest BCUT2D eigenvalue weighted by molar-refractivity contribution is 4.98. The number of nitrogens with one attached hydrogen (secondary N) is 2. The summed E-state index contributed by atoms with van der Waals surface area (Å²) in [5, 5.41) is 4.68. The molecule has 72 valence electrons. The summed E-state index contributed by atoms with van der Waals surface area (Å²) >= 11 is 0. The van der Waals surface area contributed by atoms with E-state index >= 15 is 0 Å². The fourth-order valence-corrected chi connectivity index (χ4v) is 1.15. The molecule has 0 atom stereocenters. The maximum Gasteiger partial charge on any atom is 0.263 e. The van der Waals surface area contributed by atoms with Crippen LogP contribution in [0.15, 0.2) is 0 Å². The topological polar surface area (TPSA) is 24.1 Å². The summed E-state index contributed by atoms with van der Waals surface area (Å²) in [4.78, 5) is 0. The van der Waals surface area contributed by atoms with Gasteiger partial charge in [0.1, 0.15) is 0 Å². The van der Waals surface area contributed by atoms with Crippen molar-refractivity contribution >= 4 is 0 Å². The summed E-state index contributed by atoms with van der Waals surface area (Å²) in [5.74, 6) is 0. The van der Waals surface area contributed by atoms with Crippen molar-refractivity contribution < 1.29 is 17.6 Å². The molecule has 1 rings (SSSR count). The molecule has 0 aromatic rings. The lowest BCUT2D eigenvalue weighted by atomic mass is 9.99. The molecule has 1 saturated heterocycles. The Hall–Kier alpha value is -0.360. The molecule has 1 fully saturated rings. The summed E-state index contributed by atoms with van der Waals surface area (Å²) in [6.45, 7) is 0.207. The van der Waals surface area contributed by atoms with Gasteiger partial charge in [0, 0.05) is 19.6 Å². The van der Waals surface area contributed by atoms with Gasteiger partial charge in [0.15, 0.2) is 5.54 Å². The summed E-state index contributed by atoms with van der Waals surface area (Å²) in [5.41, 5.74) is -2.35. The predicted octanol–water partition coefficient (Wildman–Crippen LogP) is 0.448. The lowest BCUT2D eigenvalue weighted by Crippen LogP contribution is -2.67. The minimum Gasteiger partial charge on any atom is -0.313 e. The molecule has 0 saturated carbocycles. The van der Waals surface area contributed by atoms with Crippen molar-refractivity contribution in [1.29, 1.82) is 0 Å². The molecule has 0 spiro atoms. The third-order valence-corrected chi connectivity index (χ3v) is 1.95. The second-order valence-corrected chi connectivity index (χ2v) is 2.75. The Morgan fingerprint density at radius 3 is 1.83 bits per heavy atom. The molecule has 2 N–H and O–H groups in total. The first kappa shape index (κ1) is 9.73. The average molecular weight is 186 g/mol. The summed E-state index contributed by atoms with van der Waals surface area (Å²) in [7, 11) is 0. The van der Waals surface area contributed by atoms with Crippen LogP contribution in [-0.2, 0) is 0 Å². The molecule has 0 aliphatic carbocycles. The van der Waals surface area contributed by atoms with E-state index in [1.807, 2.05) is 0 Å². The zero-order chi connectivity index (χ0) is 9.19. The van der Waals surface area contributed by atoms with E-state index in [2.05, 4.69) is 10.6 Å². The molecule has 0 aromatic carbocycles. The van der Waals surface area contributed by atoms with Crippen molar-refractivity contribution in [2.24, 2.45) is 0 Å². The van der Waals surface area contributed by atoms with Crippen LogP contribution in [0.2, 0.25) is 0 Å². The Bertz CT molecular complexity index is 134. The first-order valence-electron chi connectivity index (χ1n) is 3.61.